The van der Waals surface area contributed by atoms with Gasteiger partial charge in [-0.3, -0.25) is 4.98 Å². The van der Waals surface area contributed by atoms with Gasteiger partial charge in [-0.1, -0.05) is 13.0 Å². The van der Waals surface area contributed by atoms with E-state index in [2.05, 4.69) is 28.2 Å². The zero-order chi connectivity index (χ0) is 13.5. The predicted molar refractivity (Wildman–Crippen MR) is 77.0 cm³/mol. The van der Waals surface area contributed by atoms with Gasteiger partial charge < -0.3 is 15.3 Å². The number of aryl methyl sites for hydroxylation is 1. The summed E-state index contributed by atoms with van der Waals surface area (Å²) in [5.41, 5.74) is 2.38. The van der Waals surface area contributed by atoms with Gasteiger partial charge in [0.1, 0.15) is 0 Å². The van der Waals surface area contributed by atoms with Crippen molar-refractivity contribution >= 4 is 0 Å². The summed E-state index contributed by atoms with van der Waals surface area (Å²) in [6, 6.07) is 4.09. The van der Waals surface area contributed by atoms with Gasteiger partial charge in [-0.25, -0.2) is 0 Å². The van der Waals surface area contributed by atoms with Crippen molar-refractivity contribution in [2.75, 3.05) is 26.2 Å². The van der Waals surface area contributed by atoms with Crippen molar-refractivity contribution in [3.63, 3.8) is 0 Å². The third-order valence-corrected chi connectivity index (χ3v) is 3.71. The van der Waals surface area contributed by atoms with Crippen LogP contribution in [-0.2, 0) is 13.0 Å². The van der Waals surface area contributed by atoms with Crippen molar-refractivity contribution in [1.82, 2.24) is 15.2 Å². The van der Waals surface area contributed by atoms with Gasteiger partial charge >= 0.3 is 0 Å². The van der Waals surface area contributed by atoms with Crippen LogP contribution in [0, 0.1) is 0 Å². The van der Waals surface area contributed by atoms with Gasteiger partial charge in [0.15, 0.2) is 0 Å². The molecule has 0 spiro atoms. The summed E-state index contributed by atoms with van der Waals surface area (Å²) in [4.78, 5) is 6.73. The monoisotopic (exact) mass is 263 g/mol. The number of likely N-dealkylation sites (tertiary alicyclic amines) is 1. The Hall–Kier alpha value is -0.970. The SMILES string of the molecule is CCc1cccnc1CNCC(O)CN1CCCC1. The number of aromatic nitrogens is 1. The molecule has 1 aliphatic rings. The highest BCUT2D eigenvalue weighted by Crippen LogP contribution is 2.08. The van der Waals surface area contributed by atoms with Crippen molar-refractivity contribution in [1.29, 1.82) is 0 Å². The number of β-amino-alcohol motifs (C(OH)–C–C–N with tert-alkyl or cyclic N) is 1. The summed E-state index contributed by atoms with van der Waals surface area (Å²) in [7, 11) is 0. The zero-order valence-electron chi connectivity index (χ0n) is 11.8. The Balaban J connectivity index is 1.70. The molecule has 2 rings (SSSR count). The van der Waals surface area contributed by atoms with Crippen LogP contribution in [0.3, 0.4) is 0 Å². The molecule has 19 heavy (non-hydrogen) atoms. The lowest BCUT2D eigenvalue weighted by Crippen LogP contribution is -2.37. The minimum absolute atomic E-state index is 0.285. The van der Waals surface area contributed by atoms with E-state index in [0.717, 1.165) is 38.3 Å². The highest BCUT2D eigenvalue weighted by molar-refractivity contribution is 5.19. The lowest BCUT2D eigenvalue weighted by atomic mass is 10.1. The first-order chi connectivity index (χ1) is 9.29. The first kappa shape index (κ1) is 14.4. The molecule has 1 fully saturated rings. The molecule has 4 nitrogen and oxygen atoms in total. The molecule has 0 amide bonds. The molecule has 2 heterocycles. The second-order valence-electron chi connectivity index (χ2n) is 5.26. The van der Waals surface area contributed by atoms with E-state index < -0.39 is 0 Å². The molecule has 0 radical (unpaired) electrons. The summed E-state index contributed by atoms with van der Waals surface area (Å²) in [5, 5.41) is 13.3. The molecule has 1 aromatic rings. The van der Waals surface area contributed by atoms with Crippen LogP contribution in [0.25, 0.3) is 0 Å². The molecule has 1 saturated heterocycles. The lowest BCUT2D eigenvalue weighted by molar-refractivity contribution is 0.123. The first-order valence-electron chi connectivity index (χ1n) is 7.33. The maximum atomic E-state index is 9.99. The van der Waals surface area contributed by atoms with E-state index in [4.69, 9.17) is 0 Å². The normalized spacial score (nSPS) is 17.8. The van der Waals surface area contributed by atoms with Crippen LogP contribution in [0.15, 0.2) is 18.3 Å². The molecule has 2 N–H and O–H groups in total. The van der Waals surface area contributed by atoms with E-state index in [1.807, 2.05) is 12.3 Å². The molecule has 1 aliphatic heterocycles. The van der Waals surface area contributed by atoms with E-state index in [1.54, 1.807) is 0 Å². The van der Waals surface area contributed by atoms with Crippen LogP contribution in [0.4, 0.5) is 0 Å². The summed E-state index contributed by atoms with van der Waals surface area (Å²) in [6.45, 7) is 6.57. The van der Waals surface area contributed by atoms with Crippen LogP contribution in [0.2, 0.25) is 0 Å². The standard InChI is InChI=1S/C15H25N3O/c1-2-13-6-5-7-17-15(13)11-16-10-14(19)12-18-8-3-4-9-18/h5-7,14,16,19H,2-4,8-12H2,1H3. The van der Waals surface area contributed by atoms with Gasteiger partial charge in [-0.2, -0.15) is 0 Å². The van der Waals surface area contributed by atoms with E-state index >= 15 is 0 Å². The van der Waals surface area contributed by atoms with Gasteiger partial charge in [0.05, 0.1) is 11.8 Å². The average molecular weight is 263 g/mol. The number of hydrogen-bond acceptors (Lipinski definition) is 4. The smallest absolute Gasteiger partial charge is 0.0791 e. The minimum atomic E-state index is -0.285. The van der Waals surface area contributed by atoms with Crippen LogP contribution in [0.5, 0.6) is 0 Å². The number of aliphatic hydroxyl groups excluding tert-OH is 1. The molecule has 106 valence electrons. The lowest BCUT2D eigenvalue weighted by Gasteiger charge is -2.19. The molecule has 1 aromatic heterocycles. The van der Waals surface area contributed by atoms with Crippen molar-refractivity contribution in [2.45, 2.75) is 38.8 Å². The van der Waals surface area contributed by atoms with Crippen LogP contribution >= 0.6 is 0 Å². The number of aliphatic hydroxyl groups is 1. The topological polar surface area (TPSA) is 48.4 Å². The minimum Gasteiger partial charge on any atom is -0.390 e. The Morgan fingerprint density at radius 3 is 2.95 bits per heavy atom. The highest BCUT2D eigenvalue weighted by atomic mass is 16.3. The molecular weight excluding hydrogens is 238 g/mol. The summed E-state index contributed by atoms with van der Waals surface area (Å²) in [6.07, 6.45) is 5.09. The van der Waals surface area contributed by atoms with Gasteiger partial charge in [0.2, 0.25) is 0 Å². The third-order valence-electron chi connectivity index (χ3n) is 3.71. The van der Waals surface area contributed by atoms with E-state index in [1.165, 1.54) is 18.4 Å². The van der Waals surface area contributed by atoms with Gasteiger partial charge in [-0.15, -0.1) is 0 Å². The number of nitrogens with one attached hydrogen (secondary N) is 1. The van der Waals surface area contributed by atoms with Crippen LogP contribution < -0.4 is 5.32 Å². The zero-order valence-corrected chi connectivity index (χ0v) is 11.8. The van der Waals surface area contributed by atoms with Crippen molar-refractivity contribution in [3.8, 4) is 0 Å². The van der Waals surface area contributed by atoms with Gasteiger partial charge in [0, 0.05) is 25.8 Å². The molecule has 0 bridgehead atoms. The second kappa shape index (κ2) is 7.58. The number of nitrogens with zero attached hydrogens (tertiary/aromatic N) is 2. The molecule has 0 aromatic carbocycles. The van der Waals surface area contributed by atoms with E-state index in [0.29, 0.717) is 6.54 Å². The number of hydrogen-bond donors (Lipinski definition) is 2. The average Bonchev–Trinajstić information content (AvgIpc) is 2.92. The summed E-state index contributed by atoms with van der Waals surface area (Å²) in [5.74, 6) is 0. The molecule has 4 heteroatoms. The Labute approximate surface area is 115 Å². The third kappa shape index (κ3) is 4.56. The fourth-order valence-corrected chi connectivity index (χ4v) is 2.64. The molecule has 1 atom stereocenters. The van der Waals surface area contributed by atoms with Crippen molar-refractivity contribution < 1.29 is 5.11 Å². The molecule has 0 aliphatic carbocycles. The maximum absolute atomic E-state index is 9.99. The number of pyridine rings is 1. The molecule has 0 saturated carbocycles. The summed E-state index contributed by atoms with van der Waals surface area (Å²) >= 11 is 0. The fraction of sp³-hybridized carbons (Fsp3) is 0.667. The van der Waals surface area contributed by atoms with Crippen LogP contribution in [0.1, 0.15) is 31.0 Å². The van der Waals surface area contributed by atoms with Gasteiger partial charge in [0.25, 0.3) is 0 Å². The molecular formula is C15H25N3O. The largest absolute Gasteiger partial charge is 0.390 e. The van der Waals surface area contributed by atoms with E-state index in [9.17, 15) is 5.11 Å². The maximum Gasteiger partial charge on any atom is 0.0791 e. The highest BCUT2D eigenvalue weighted by Gasteiger charge is 2.15. The quantitative estimate of drug-likeness (QED) is 0.776. The predicted octanol–water partition coefficient (Wildman–Crippen LogP) is 1.19. The van der Waals surface area contributed by atoms with E-state index in [-0.39, 0.29) is 6.10 Å². The fourth-order valence-electron chi connectivity index (χ4n) is 2.64. The Kier molecular flexibility index (Phi) is 5.76. The number of rotatable bonds is 7. The van der Waals surface area contributed by atoms with Crippen molar-refractivity contribution in [2.24, 2.45) is 0 Å². The Bertz CT molecular complexity index is 377. The molecule has 1 unspecified atom stereocenters. The van der Waals surface area contributed by atoms with Gasteiger partial charge in [-0.05, 0) is 44.0 Å². The summed E-state index contributed by atoms with van der Waals surface area (Å²) < 4.78 is 0. The first-order valence-corrected chi connectivity index (χ1v) is 7.33. The second-order valence-corrected chi connectivity index (χ2v) is 5.26. The Morgan fingerprint density at radius 2 is 2.21 bits per heavy atom. The Morgan fingerprint density at radius 1 is 1.42 bits per heavy atom. The van der Waals surface area contributed by atoms with Crippen molar-refractivity contribution in [3.05, 3.63) is 29.6 Å². The van der Waals surface area contributed by atoms with Crippen LogP contribution in [-0.4, -0.2) is 47.3 Å².